The van der Waals surface area contributed by atoms with Crippen molar-refractivity contribution in [3.8, 4) is 0 Å². The standard InChI is InChI=1S/C11H13ClO/c1-7-4-5-10(6-8(7)2)11(13)9(3)12/h4-6,9H,1-3H3/t9-/m0/s1. The van der Waals surface area contributed by atoms with Crippen LogP contribution in [0.2, 0.25) is 0 Å². The van der Waals surface area contributed by atoms with Crippen molar-refractivity contribution in [3.05, 3.63) is 34.9 Å². The van der Waals surface area contributed by atoms with Crippen molar-refractivity contribution < 1.29 is 4.79 Å². The van der Waals surface area contributed by atoms with Crippen molar-refractivity contribution >= 4 is 17.4 Å². The number of hydrogen-bond donors (Lipinski definition) is 0. The van der Waals surface area contributed by atoms with E-state index in [1.54, 1.807) is 6.92 Å². The zero-order valence-corrected chi connectivity index (χ0v) is 8.85. The molecule has 0 aliphatic rings. The molecule has 2 heteroatoms. The van der Waals surface area contributed by atoms with Gasteiger partial charge >= 0.3 is 0 Å². The van der Waals surface area contributed by atoms with E-state index in [9.17, 15) is 4.79 Å². The Morgan fingerprint density at radius 1 is 1.31 bits per heavy atom. The lowest BCUT2D eigenvalue weighted by Crippen LogP contribution is -2.10. The van der Waals surface area contributed by atoms with Gasteiger partial charge in [-0.25, -0.2) is 0 Å². The molecule has 1 aromatic rings. The fourth-order valence-electron chi connectivity index (χ4n) is 1.12. The third-order valence-electron chi connectivity index (χ3n) is 2.15. The minimum atomic E-state index is -0.442. The monoisotopic (exact) mass is 196 g/mol. The molecule has 0 aliphatic heterocycles. The van der Waals surface area contributed by atoms with Crippen LogP contribution in [-0.4, -0.2) is 11.2 Å². The molecule has 0 unspecified atom stereocenters. The van der Waals surface area contributed by atoms with Crippen molar-refractivity contribution in [2.45, 2.75) is 26.1 Å². The number of benzene rings is 1. The first-order chi connectivity index (χ1) is 6.02. The van der Waals surface area contributed by atoms with Gasteiger partial charge in [0.1, 0.15) is 0 Å². The quantitative estimate of drug-likeness (QED) is 0.525. The second-order valence-corrected chi connectivity index (χ2v) is 3.93. The van der Waals surface area contributed by atoms with Gasteiger partial charge in [0.15, 0.2) is 5.78 Å². The van der Waals surface area contributed by atoms with Gasteiger partial charge < -0.3 is 0 Å². The molecule has 0 aliphatic carbocycles. The van der Waals surface area contributed by atoms with E-state index in [1.807, 2.05) is 32.0 Å². The summed E-state index contributed by atoms with van der Waals surface area (Å²) in [7, 11) is 0. The minimum absolute atomic E-state index is 0.00948. The Bertz CT molecular complexity index is 329. The summed E-state index contributed by atoms with van der Waals surface area (Å²) in [6.07, 6.45) is 0. The Labute approximate surface area is 83.7 Å². The Morgan fingerprint density at radius 3 is 2.38 bits per heavy atom. The molecule has 0 amide bonds. The molecule has 0 fully saturated rings. The first-order valence-corrected chi connectivity index (χ1v) is 4.71. The Kier molecular flexibility index (Phi) is 3.10. The number of rotatable bonds is 2. The molecule has 70 valence electrons. The summed E-state index contributed by atoms with van der Waals surface area (Å²) < 4.78 is 0. The molecule has 0 N–H and O–H groups in total. The number of halogens is 1. The Hall–Kier alpha value is -0.820. The van der Waals surface area contributed by atoms with E-state index in [1.165, 1.54) is 5.56 Å². The first-order valence-electron chi connectivity index (χ1n) is 4.28. The molecule has 1 rings (SSSR count). The van der Waals surface area contributed by atoms with Crippen LogP contribution >= 0.6 is 11.6 Å². The summed E-state index contributed by atoms with van der Waals surface area (Å²) in [6, 6.07) is 5.65. The minimum Gasteiger partial charge on any atom is -0.293 e. The van der Waals surface area contributed by atoms with Crippen LogP contribution in [0.1, 0.15) is 28.4 Å². The second-order valence-electron chi connectivity index (χ2n) is 3.28. The molecule has 0 bridgehead atoms. The number of alkyl halides is 1. The van der Waals surface area contributed by atoms with Gasteiger partial charge in [0.25, 0.3) is 0 Å². The highest BCUT2D eigenvalue weighted by Gasteiger charge is 2.12. The maximum atomic E-state index is 11.5. The van der Waals surface area contributed by atoms with Crippen LogP contribution in [0, 0.1) is 13.8 Å². The van der Waals surface area contributed by atoms with Gasteiger partial charge in [0.2, 0.25) is 0 Å². The van der Waals surface area contributed by atoms with E-state index in [4.69, 9.17) is 11.6 Å². The molecule has 1 nitrogen and oxygen atoms in total. The second kappa shape index (κ2) is 3.93. The molecule has 0 saturated heterocycles. The number of ketones is 1. The summed E-state index contributed by atoms with van der Waals surface area (Å²) in [5, 5.41) is -0.442. The molecule has 0 spiro atoms. The number of carbonyl (C=O) groups excluding carboxylic acids is 1. The first kappa shape index (κ1) is 10.3. The third kappa shape index (κ3) is 2.31. The summed E-state index contributed by atoms with van der Waals surface area (Å²) in [5.41, 5.74) is 3.02. The van der Waals surface area contributed by atoms with Crippen molar-refractivity contribution in [2.75, 3.05) is 0 Å². The van der Waals surface area contributed by atoms with Gasteiger partial charge in [0.05, 0.1) is 5.38 Å². The zero-order chi connectivity index (χ0) is 10.0. The average Bonchev–Trinajstić information content (AvgIpc) is 2.08. The normalized spacial score (nSPS) is 12.6. The molecule has 1 aromatic carbocycles. The molecule has 1 atom stereocenters. The van der Waals surface area contributed by atoms with Crippen molar-refractivity contribution in [1.82, 2.24) is 0 Å². The molecule has 0 radical (unpaired) electrons. The number of carbonyl (C=O) groups is 1. The summed E-state index contributed by atoms with van der Waals surface area (Å²) in [6.45, 7) is 5.71. The molecule has 0 aromatic heterocycles. The molecule has 0 heterocycles. The predicted octanol–water partition coefficient (Wildman–Crippen LogP) is 3.11. The highest BCUT2D eigenvalue weighted by atomic mass is 35.5. The number of hydrogen-bond acceptors (Lipinski definition) is 1. The maximum absolute atomic E-state index is 11.5. The highest BCUT2D eigenvalue weighted by Crippen LogP contribution is 2.13. The lowest BCUT2D eigenvalue weighted by molar-refractivity contribution is 0.0991. The highest BCUT2D eigenvalue weighted by molar-refractivity contribution is 6.33. The van der Waals surface area contributed by atoms with Gasteiger partial charge in [-0.1, -0.05) is 12.1 Å². The van der Waals surface area contributed by atoms with Crippen LogP contribution in [0.5, 0.6) is 0 Å². The van der Waals surface area contributed by atoms with Crippen LogP contribution in [-0.2, 0) is 0 Å². The van der Waals surface area contributed by atoms with Crippen LogP contribution < -0.4 is 0 Å². The van der Waals surface area contributed by atoms with Gasteiger partial charge in [-0.3, -0.25) is 4.79 Å². The van der Waals surface area contributed by atoms with Crippen LogP contribution in [0.25, 0.3) is 0 Å². The smallest absolute Gasteiger partial charge is 0.180 e. The van der Waals surface area contributed by atoms with Crippen molar-refractivity contribution in [2.24, 2.45) is 0 Å². The number of Topliss-reactive ketones (excluding diaryl/α,β-unsaturated/α-hetero) is 1. The molecular formula is C11H13ClO. The molecule has 13 heavy (non-hydrogen) atoms. The van der Waals surface area contributed by atoms with Crippen LogP contribution in [0.3, 0.4) is 0 Å². The fraction of sp³-hybridized carbons (Fsp3) is 0.364. The van der Waals surface area contributed by atoms with Crippen molar-refractivity contribution in [1.29, 1.82) is 0 Å². The van der Waals surface area contributed by atoms with E-state index in [2.05, 4.69) is 0 Å². The zero-order valence-electron chi connectivity index (χ0n) is 8.10. The lowest BCUT2D eigenvalue weighted by atomic mass is 10.0. The topological polar surface area (TPSA) is 17.1 Å². The van der Waals surface area contributed by atoms with E-state index in [0.717, 1.165) is 5.56 Å². The van der Waals surface area contributed by atoms with Gasteiger partial charge in [-0.05, 0) is 38.0 Å². The molecule has 0 saturated carbocycles. The lowest BCUT2D eigenvalue weighted by Gasteiger charge is -2.05. The van der Waals surface area contributed by atoms with Crippen LogP contribution in [0.15, 0.2) is 18.2 Å². The van der Waals surface area contributed by atoms with Gasteiger partial charge in [-0.15, -0.1) is 11.6 Å². The van der Waals surface area contributed by atoms with E-state index in [-0.39, 0.29) is 5.78 Å². The fourth-order valence-corrected chi connectivity index (χ4v) is 1.25. The largest absolute Gasteiger partial charge is 0.293 e. The SMILES string of the molecule is Cc1ccc(C(=O)[C@H](C)Cl)cc1C. The van der Waals surface area contributed by atoms with Crippen LogP contribution in [0.4, 0.5) is 0 Å². The summed E-state index contributed by atoms with van der Waals surface area (Å²) in [4.78, 5) is 11.5. The third-order valence-corrected chi connectivity index (χ3v) is 2.35. The van der Waals surface area contributed by atoms with Crippen molar-refractivity contribution in [3.63, 3.8) is 0 Å². The van der Waals surface area contributed by atoms with E-state index >= 15 is 0 Å². The molecular weight excluding hydrogens is 184 g/mol. The summed E-state index contributed by atoms with van der Waals surface area (Å²) in [5.74, 6) is -0.00948. The van der Waals surface area contributed by atoms with E-state index in [0.29, 0.717) is 5.56 Å². The number of aryl methyl sites for hydroxylation is 2. The summed E-state index contributed by atoms with van der Waals surface area (Å²) >= 11 is 5.71. The Balaban J connectivity index is 3.04. The predicted molar refractivity (Wildman–Crippen MR) is 55.6 cm³/mol. The average molecular weight is 197 g/mol. The Morgan fingerprint density at radius 2 is 1.92 bits per heavy atom. The van der Waals surface area contributed by atoms with Gasteiger partial charge in [-0.2, -0.15) is 0 Å². The maximum Gasteiger partial charge on any atom is 0.180 e. The van der Waals surface area contributed by atoms with E-state index < -0.39 is 5.38 Å². The van der Waals surface area contributed by atoms with Gasteiger partial charge in [0, 0.05) is 5.56 Å².